The van der Waals surface area contributed by atoms with Crippen molar-refractivity contribution in [1.82, 2.24) is 5.32 Å². The van der Waals surface area contributed by atoms with Crippen LogP contribution in [0.3, 0.4) is 0 Å². The number of ether oxygens (including phenoxy) is 5. The molecule has 1 saturated heterocycles. The van der Waals surface area contributed by atoms with E-state index in [1.165, 1.54) is 0 Å². The Morgan fingerprint density at radius 1 is 0.788 bits per heavy atom. The van der Waals surface area contributed by atoms with E-state index in [1.807, 2.05) is 13.8 Å². The first kappa shape index (κ1) is 28.7. The van der Waals surface area contributed by atoms with Gasteiger partial charge in [-0.2, -0.15) is 0 Å². The lowest BCUT2D eigenvalue weighted by molar-refractivity contribution is -0.178. The Morgan fingerprint density at radius 2 is 1.27 bits per heavy atom. The van der Waals surface area contributed by atoms with Crippen LogP contribution in [-0.2, 0) is 38.1 Å². The predicted octanol–water partition coefficient (Wildman–Crippen LogP) is 3.04. The quantitative estimate of drug-likeness (QED) is 0.397. The summed E-state index contributed by atoms with van der Waals surface area (Å²) in [7, 11) is 0. The van der Waals surface area contributed by atoms with Gasteiger partial charge in [-0.1, -0.05) is 13.8 Å². The third-order valence-electron chi connectivity index (χ3n) is 4.24. The standard InChI is InChI=1S/C23H39NO9/c1-9-11-15(25)30-17-14(13-24-21(28)33-23(6,7)8)29-19(20(27)32-22(3,4)5)18(17)31-16(26)12-10-2/h14,17-19H,9-13H2,1-8H3,(H,24,28)/t14-,17-,18+,19-/m1/s1. The zero-order valence-corrected chi connectivity index (χ0v) is 21.0. The molecule has 0 saturated carbocycles. The van der Waals surface area contributed by atoms with Crippen LogP contribution in [-0.4, -0.2) is 66.2 Å². The number of rotatable bonds is 9. The molecular formula is C23H39NO9. The number of hydrogen-bond donors (Lipinski definition) is 1. The lowest BCUT2D eigenvalue weighted by atomic mass is 10.1. The smallest absolute Gasteiger partial charge is 0.407 e. The second kappa shape index (κ2) is 12.2. The van der Waals surface area contributed by atoms with Crippen molar-refractivity contribution in [3.8, 4) is 0 Å². The van der Waals surface area contributed by atoms with Crippen LogP contribution >= 0.6 is 0 Å². The average molecular weight is 474 g/mol. The van der Waals surface area contributed by atoms with Gasteiger partial charge in [0.05, 0.1) is 6.54 Å². The molecule has 1 N–H and O–H groups in total. The van der Waals surface area contributed by atoms with Crippen molar-refractivity contribution in [2.24, 2.45) is 0 Å². The maximum Gasteiger partial charge on any atom is 0.407 e. The van der Waals surface area contributed by atoms with Crippen LogP contribution in [0.25, 0.3) is 0 Å². The van der Waals surface area contributed by atoms with Gasteiger partial charge in [-0.25, -0.2) is 9.59 Å². The van der Waals surface area contributed by atoms with Gasteiger partial charge in [-0.15, -0.1) is 0 Å². The number of esters is 3. The molecule has 1 rings (SSSR count). The number of carbonyl (C=O) groups excluding carboxylic acids is 4. The average Bonchev–Trinajstić information content (AvgIpc) is 2.95. The second-order valence-electron chi connectivity index (χ2n) is 9.92. The van der Waals surface area contributed by atoms with E-state index in [2.05, 4.69) is 5.32 Å². The van der Waals surface area contributed by atoms with Crippen molar-refractivity contribution in [2.45, 2.75) is 117 Å². The molecular weight excluding hydrogens is 434 g/mol. The van der Waals surface area contributed by atoms with Crippen LogP contribution in [0.15, 0.2) is 0 Å². The zero-order valence-electron chi connectivity index (χ0n) is 21.0. The highest BCUT2D eigenvalue weighted by Crippen LogP contribution is 2.30. The Kier molecular flexibility index (Phi) is 10.6. The molecule has 0 spiro atoms. The molecule has 4 atom stereocenters. The topological polar surface area (TPSA) is 126 Å². The summed E-state index contributed by atoms with van der Waals surface area (Å²) in [4.78, 5) is 49.5. The summed E-state index contributed by atoms with van der Waals surface area (Å²) in [5.41, 5.74) is -1.54. The Balaban J connectivity index is 3.16. The molecule has 0 aromatic rings. The highest BCUT2D eigenvalue weighted by atomic mass is 16.7. The van der Waals surface area contributed by atoms with Crippen LogP contribution in [0, 0.1) is 0 Å². The normalized spacial score (nSPS) is 22.9. The third-order valence-corrected chi connectivity index (χ3v) is 4.24. The largest absolute Gasteiger partial charge is 0.458 e. The van der Waals surface area contributed by atoms with E-state index in [1.54, 1.807) is 41.5 Å². The van der Waals surface area contributed by atoms with Gasteiger partial charge in [0.1, 0.15) is 17.3 Å². The molecule has 33 heavy (non-hydrogen) atoms. The van der Waals surface area contributed by atoms with Crippen LogP contribution in [0.1, 0.15) is 81.1 Å². The van der Waals surface area contributed by atoms with Crippen LogP contribution in [0.4, 0.5) is 4.79 Å². The lowest BCUT2D eigenvalue weighted by Gasteiger charge is -2.26. The summed E-state index contributed by atoms with van der Waals surface area (Å²) < 4.78 is 27.6. The van der Waals surface area contributed by atoms with Gasteiger partial charge in [0, 0.05) is 12.8 Å². The number of hydrogen-bond acceptors (Lipinski definition) is 9. The first-order valence-corrected chi connectivity index (χ1v) is 11.4. The highest BCUT2D eigenvalue weighted by molar-refractivity contribution is 5.78. The first-order chi connectivity index (χ1) is 15.2. The molecule has 0 bridgehead atoms. The number of alkyl carbamates (subject to hydrolysis) is 1. The first-order valence-electron chi connectivity index (χ1n) is 11.4. The fourth-order valence-corrected chi connectivity index (χ4v) is 3.04. The van der Waals surface area contributed by atoms with Crippen molar-refractivity contribution in [3.63, 3.8) is 0 Å². The molecule has 0 aliphatic carbocycles. The molecule has 0 aromatic carbocycles. The van der Waals surface area contributed by atoms with Gasteiger partial charge >= 0.3 is 24.0 Å². The van der Waals surface area contributed by atoms with Gasteiger partial charge in [0.25, 0.3) is 0 Å². The van der Waals surface area contributed by atoms with Crippen molar-refractivity contribution in [2.75, 3.05) is 6.54 Å². The molecule has 10 nitrogen and oxygen atoms in total. The van der Waals surface area contributed by atoms with Crippen LogP contribution in [0.2, 0.25) is 0 Å². The SMILES string of the molecule is CCCC(=O)O[C@H]1[C@H](OC(=O)CCC)[C@H](C(=O)OC(C)(C)C)O[C@@H]1CNC(=O)OC(C)(C)C. The summed E-state index contributed by atoms with van der Waals surface area (Å²) in [5.74, 6) is -1.85. The highest BCUT2D eigenvalue weighted by Gasteiger charge is 2.53. The van der Waals surface area contributed by atoms with Crippen molar-refractivity contribution in [1.29, 1.82) is 0 Å². The van der Waals surface area contributed by atoms with Gasteiger partial charge < -0.3 is 29.0 Å². The van der Waals surface area contributed by atoms with Crippen LogP contribution in [0.5, 0.6) is 0 Å². The summed E-state index contributed by atoms with van der Waals surface area (Å²) >= 11 is 0. The van der Waals surface area contributed by atoms with Crippen molar-refractivity contribution >= 4 is 24.0 Å². The molecule has 1 heterocycles. The molecule has 0 radical (unpaired) electrons. The number of nitrogens with one attached hydrogen (secondary N) is 1. The molecule has 190 valence electrons. The predicted molar refractivity (Wildman–Crippen MR) is 118 cm³/mol. The minimum Gasteiger partial charge on any atom is -0.458 e. The lowest BCUT2D eigenvalue weighted by Crippen LogP contribution is -2.46. The molecule has 1 fully saturated rings. The van der Waals surface area contributed by atoms with Gasteiger partial charge in [-0.05, 0) is 54.4 Å². The van der Waals surface area contributed by atoms with Crippen molar-refractivity contribution in [3.05, 3.63) is 0 Å². The van der Waals surface area contributed by atoms with Gasteiger partial charge in [-0.3, -0.25) is 9.59 Å². The molecule has 0 unspecified atom stereocenters. The summed E-state index contributed by atoms with van der Waals surface area (Å²) in [6.45, 7) is 13.7. The monoisotopic (exact) mass is 473 g/mol. The summed E-state index contributed by atoms with van der Waals surface area (Å²) in [5, 5.41) is 2.55. The molecule has 1 amide bonds. The zero-order chi connectivity index (χ0) is 25.4. The van der Waals surface area contributed by atoms with E-state index in [0.29, 0.717) is 12.8 Å². The van der Waals surface area contributed by atoms with E-state index in [4.69, 9.17) is 23.7 Å². The molecule has 1 aliphatic rings. The summed E-state index contributed by atoms with van der Waals surface area (Å²) in [6, 6.07) is 0. The second-order valence-corrected chi connectivity index (χ2v) is 9.92. The van der Waals surface area contributed by atoms with Gasteiger partial charge in [0.2, 0.25) is 0 Å². The maximum absolute atomic E-state index is 12.8. The fraction of sp³-hybridized carbons (Fsp3) is 0.826. The third kappa shape index (κ3) is 10.4. The van der Waals surface area contributed by atoms with Gasteiger partial charge in [0.15, 0.2) is 18.3 Å². The van der Waals surface area contributed by atoms with E-state index in [-0.39, 0.29) is 19.4 Å². The fourth-order valence-electron chi connectivity index (χ4n) is 3.04. The molecule has 1 aliphatic heterocycles. The van der Waals surface area contributed by atoms with E-state index in [9.17, 15) is 19.2 Å². The summed E-state index contributed by atoms with van der Waals surface area (Å²) in [6.07, 6.45) is -3.99. The Labute approximate surface area is 196 Å². The Hall–Kier alpha value is -2.36. The van der Waals surface area contributed by atoms with E-state index < -0.39 is 59.6 Å². The minimum absolute atomic E-state index is 0.119. The van der Waals surface area contributed by atoms with E-state index in [0.717, 1.165) is 0 Å². The number of carbonyl (C=O) groups is 4. The number of amides is 1. The molecule has 10 heteroatoms. The Morgan fingerprint density at radius 3 is 1.73 bits per heavy atom. The Bertz CT molecular complexity index is 693. The van der Waals surface area contributed by atoms with Crippen molar-refractivity contribution < 1.29 is 42.9 Å². The van der Waals surface area contributed by atoms with E-state index >= 15 is 0 Å². The molecule has 0 aromatic heterocycles. The van der Waals surface area contributed by atoms with Crippen LogP contribution < -0.4 is 5.32 Å². The maximum atomic E-state index is 12.8. The minimum atomic E-state index is -1.32.